The first-order chi connectivity index (χ1) is 12.6. The molecule has 2 heterocycles. The zero-order valence-electron chi connectivity index (χ0n) is 14.1. The monoisotopic (exact) mass is 350 g/mol. The van der Waals surface area contributed by atoms with Gasteiger partial charge in [0.05, 0.1) is 17.2 Å². The molecule has 4 rings (SSSR count). The van der Waals surface area contributed by atoms with Crippen LogP contribution < -0.4 is 4.74 Å². The van der Waals surface area contributed by atoms with Gasteiger partial charge in [-0.05, 0) is 30.7 Å². The minimum atomic E-state index is -0.289. The Labute approximate surface area is 151 Å². The van der Waals surface area contributed by atoms with E-state index in [1.165, 1.54) is 4.90 Å². The van der Waals surface area contributed by atoms with E-state index in [2.05, 4.69) is 0 Å². The zero-order valence-corrected chi connectivity index (χ0v) is 14.1. The first kappa shape index (κ1) is 16.3. The SMILES string of the molecule is O=C(COc1ccccc1)N1CCC(N2C(=O)c3ccccc3C2=O)C1. The number of likely N-dealkylation sites (tertiary alicyclic amines) is 1. The van der Waals surface area contributed by atoms with E-state index < -0.39 is 0 Å². The van der Waals surface area contributed by atoms with Crippen molar-refractivity contribution in [2.75, 3.05) is 19.7 Å². The topological polar surface area (TPSA) is 66.9 Å². The maximum Gasteiger partial charge on any atom is 0.261 e. The minimum absolute atomic E-state index is 0.0567. The number of amides is 3. The summed E-state index contributed by atoms with van der Waals surface area (Å²) in [6.07, 6.45) is 0.586. The summed E-state index contributed by atoms with van der Waals surface area (Å²) in [6.45, 7) is 0.802. The van der Waals surface area contributed by atoms with Gasteiger partial charge >= 0.3 is 0 Å². The lowest BCUT2D eigenvalue weighted by Crippen LogP contribution is -2.43. The van der Waals surface area contributed by atoms with Gasteiger partial charge in [0, 0.05) is 13.1 Å². The van der Waals surface area contributed by atoms with Crippen LogP contribution in [0.4, 0.5) is 0 Å². The molecular formula is C20H18N2O4. The first-order valence-electron chi connectivity index (χ1n) is 8.57. The predicted octanol–water partition coefficient (Wildman–Crippen LogP) is 1.96. The van der Waals surface area contributed by atoms with Crippen LogP contribution in [0.1, 0.15) is 27.1 Å². The maximum absolute atomic E-state index is 12.6. The average Bonchev–Trinajstić information content (AvgIpc) is 3.25. The van der Waals surface area contributed by atoms with Crippen LogP contribution in [0.15, 0.2) is 54.6 Å². The predicted molar refractivity (Wildman–Crippen MR) is 93.9 cm³/mol. The first-order valence-corrected chi connectivity index (χ1v) is 8.57. The molecule has 0 bridgehead atoms. The van der Waals surface area contributed by atoms with Gasteiger partial charge in [-0.2, -0.15) is 0 Å². The quantitative estimate of drug-likeness (QED) is 0.791. The number of carbonyl (C=O) groups excluding carboxylic acids is 3. The smallest absolute Gasteiger partial charge is 0.261 e. The third-order valence-electron chi connectivity index (χ3n) is 4.81. The largest absolute Gasteiger partial charge is 0.484 e. The second-order valence-corrected chi connectivity index (χ2v) is 6.41. The van der Waals surface area contributed by atoms with Crippen molar-refractivity contribution in [1.29, 1.82) is 0 Å². The van der Waals surface area contributed by atoms with E-state index in [0.29, 0.717) is 36.4 Å². The lowest BCUT2D eigenvalue weighted by Gasteiger charge is -2.22. The fraction of sp³-hybridized carbons (Fsp3) is 0.250. The Kier molecular flexibility index (Phi) is 4.16. The Morgan fingerprint density at radius 1 is 0.962 bits per heavy atom. The van der Waals surface area contributed by atoms with Crippen LogP contribution in [0, 0.1) is 0 Å². The molecule has 2 aliphatic rings. The van der Waals surface area contributed by atoms with Crippen molar-refractivity contribution in [3.05, 3.63) is 65.7 Å². The molecule has 0 saturated carbocycles. The highest BCUT2D eigenvalue weighted by molar-refractivity contribution is 6.21. The van der Waals surface area contributed by atoms with Gasteiger partial charge in [0.2, 0.25) is 0 Å². The van der Waals surface area contributed by atoms with Gasteiger partial charge < -0.3 is 9.64 Å². The maximum atomic E-state index is 12.6. The molecule has 1 unspecified atom stereocenters. The molecule has 132 valence electrons. The minimum Gasteiger partial charge on any atom is -0.484 e. The molecule has 1 fully saturated rings. The molecule has 6 heteroatoms. The second-order valence-electron chi connectivity index (χ2n) is 6.41. The van der Waals surface area contributed by atoms with Gasteiger partial charge in [0.1, 0.15) is 5.75 Å². The molecule has 0 spiro atoms. The average molecular weight is 350 g/mol. The molecule has 26 heavy (non-hydrogen) atoms. The Balaban J connectivity index is 1.39. The van der Waals surface area contributed by atoms with E-state index in [4.69, 9.17) is 4.74 Å². The summed E-state index contributed by atoms with van der Waals surface area (Å²) in [5.41, 5.74) is 0.879. The highest BCUT2D eigenvalue weighted by atomic mass is 16.5. The van der Waals surface area contributed by atoms with Crippen LogP contribution in [-0.4, -0.2) is 53.3 Å². The summed E-state index contributed by atoms with van der Waals surface area (Å²) in [6, 6.07) is 15.7. The summed E-state index contributed by atoms with van der Waals surface area (Å²) < 4.78 is 5.50. The number of hydrogen-bond donors (Lipinski definition) is 0. The molecule has 1 saturated heterocycles. The van der Waals surface area contributed by atoms with Gasteiger partial charge in [-0.1, -0.05) is 30.3 Å². The Morgan fingerprint density at radius 2 is 1.58 bits per heavy atom. The number of imide groups is 1. The van der Waals surface area contributed by atoms with E-state index in [1.807, 2.05) is 18.2 Å². The van der Waals surface area contributed by atoms with Crippen molar-refractivity contribution < 1.29 is 19.1 Å². The molecule has 2 aromatic rings. The third-order valence-corrected chi connectivity index (χ3v) is 4.81. The van der Waals surface area contributed by atoms with Gasteiger partial charge in [0.15, 0.2) is 6.61 Å². The standard InChI is InChI=1S/C20H18N2O4/c23-18(13-26-15-6-2-1-3-7-15)21-11-10-14(12-21)22-19(24)16-8-4-5-9-17(16)20(22)25/h1-9,14H,10-13H2. The molecule has 0 aliphatic carbocycles. The third kappa shape index (κ3) is 2.83. The number of para-hydroxylation sites is 1. The summed E-state index contributed by atoms with van der Waals surface area (Å²) >= 11 is 0. The molecule has 0 N–H and O–H groups in total. The van der Waals surface area contributed by atoms with Gasteiger partial charge in [-0.3, -0.25) is 19.3 Å². The van der Waals surface area contributed by atoms with Gasteiger partial charge in [0.25, 0.3) is 17.7 Å². The van der Waals surface area contributed by atoms with Crippen LogP contribution in [0.2, 0.25) is 0 Å². The highest BCUT2D eigenvalue weighted by Gasteiger charge is 2.42. The molecular weight excluding hydrogens is 332 g/mol. The van der Waals surface area contributed by atoms with Crippen molar-refractivity contribution >= 4 is 17.7 Å². The lowest BCUT2D eigenvalue weighted by molar-refractivity contribution is -0.132. The Hall–Kier alpha value is -3.15. The number of benzene rings is 2. The summed E-state index contributed by atoms with van der Waals surface area (Å²) in [5, 5.41) is 0. The number of ether oxygens (including phenoxy) is 1. The van der Waals surface area contributed by atoms with Crippen molar-refractivity contribution in [2.45, 2.75) is 12.5 Å². The second kappa shape index (κ2) is 6.63. The van der Waals surface area contributed by atoms with Gasteiger partial charge in [-0.25, -0.2) is 0 Å². The normalized spacial score (nSPS) is 19.0. The molecule has 3 amide bonds. The molecule has 6 nitrogen and oxygen atoms in total. The van der Waals surface area contributed by atoms with Crippen LogP contribution in [0.3, 0.4) is 0 Å². The lowest BCUT2D eigenvalue weighted by atomic mass is 10.1. The summed E-state index contributed by atoms with van der Waals surface area (Å²) in [5.74, 6) is -0.0548. The highest BCUT2D eigenvalue weighted by Crippen LogP contribution is 2.28. The van der Waals surface area contributed by atoms with Crippen LogP contribution in [-0.2, 0) is 4.79 Å². The Morgan fingerprint density at radius 3 is 2.23 bits per heavy atom. The number of carbonyl (C=O) groups is 3. The van der Waals surface area contributed by atoms with E-state index in [0.717, 1.165) is 0 Å². The molecule has 2 aromatic carbocycles. The van der Waals surface area contributed by atoms with Gasteiger partial charge in [-0.15, -0.1) is 0 Å². The van der Waals surface area contributed by atoms with Crippen molar-refractivity contribution in [1.82, 2.24) is 9.80 Å². The van der Waals surface area contributed by atoms with E-state index in [-0.39, 0.29) is 30.4 Å². The van der Waals surface area contributed by atoms with Crippen LogP contribution in [0.5, 0.6) is 5.75 Å². The number of nitrogens with zero attached hydrogens (tertiary/aromatic N) is 2. The number of fused-ring (bicyclic) bond motifs is 1. The van der Waals surface area contributed by atoms with Crippen LogP contribution in [0.25, 0.3) is 0 Å². The fourth-order valence-electron chi connectivity index (χ4n) is 3.47. The van der Waals surface area contributed by atoms with E-state index >= 15 is 0 Å². The number of hydrogen-bond acceptors (Lipinski definition) is 4. The molecule has 0 aromatic heterocycles. The van der Waals surface area contributed by atoms with Crippen LogP contribution >= 0.6 is 0 Å². The molecule has 0 radical (unpaired) electrons. The van der Waals surface area contributed by atoms with Crippen molar-refractivity contribution in [3.8, 4) is 5.75 Å². The van der Waals surface area contributed by atoms with Crippen molar-refractivity contribution in [3.63, 3.8) is 0 Å². The van der Waals surface area contributed by atoms with E-state index in [9.17, 15) is 14.4 Å². The molecule has 2 aliphatic heterocycles. The van der Waals surface area contributed by atoms with E-state index in [1.54, 1.807) is 41.3 Å². The Bertz CT molecular complexity index is 830. The summed E-state index contributed by atoms with van der Waals surface area (Å²) in [4.78, 5) is 40.4. The molecule has 1 atom stereocenters. The summed E-state index contributed by atoms with van der Waals surface area (Å²) in [7, 11) is 0. The number of rotatable bonds is 4. The van der Waals surface area contributed by atoms with Crippen molar-refractivity contribution in [2.24, 2.45) is 0 Å². The zero-order chi connectivity index (χ0) is 18.1. The fourth-order valence-corrected chi connectivity index (χ4v) is 3.47.